The molecule has 0 amide bonds. The Hall–Kier alpha value is -0.660. The number of rotatable bonds is 4. The molecule has 0 bridgehead atoms. The van der Waals surface area contributed by atoms with Crippen LogP contribution in [0.3, 0.4) is 0 Å². The van der Waals surface area contributed by atoms with Gasteiger partial charge in [0, 0.05) is 39.3 Å². The number of hydrogen-bond acceptors (Lipinski definition) is 3. The Labute approximate surface area is 164 Å². The van der Waals surface area contributed by atoms with Crippen molar-refractivity contribution >= 4 is 22.6 Å². The molecule has 3 rings (SSSR count). The largest absolute Gasteiger partial charge is 0.298 e. The summed E-state index contributed by atoms with van der Waals surface area (Å²) in [6.45, 7) is 9.59. The summed E-state index contributed by atoms with van der Waals surface area (Å²) in [5.41, 5.74) is 2.64. The monoisotopic (exact) mass is 401 g/mol. The first-order chi connectivity index (χ1) is 12.0. The molecule has 2 fully saturated rings. The van der Waals surface area contributed by atoms with Crippen LogP contribution >= 0.6 is 12.4 Å². The van der Waals surface area contributed by atoms with Gasteiger partial charge in [0.25, 0.3) is 10.2 Å². The molecule has 0 aromatic heterocycles. The van der Waals surface area contributed by atoms with E-state index in [0.29, 0.717) is 32.1 Å². The second kappa shape index (κ2) is 9.51. The lowest BCUT2D eigenvalue weighted by molar-refractivity contribution is 0.257. The second-order valence-electron chi connectivity index (χ2n) is 7.54. The lowest BCUT2D eigenvalue weighted by Gasteiger charge is -2.33. The summed E-state index contributed by atoms with van der Waals surface area (Å²) in [6, 6.07) is 8.45. The molecule has 0 saturated carbocycles. The van der Waals surface area contributed by atoms with Gasteiger partial charge in [-0.3, -0.25) is 4.90 Å². The van der Waals surface area contributed by atoms with Crippen molar-refractivity contribution < 1.29 is 8.42 Å². The third-order valence-corrected chi connectivity index (χ3v) is 7.63. The number of hydrogen-bond donors (Lipinski definition) is 0. The van der Waals surface area contributed by atoms with Crippen molar-refractivity contribution in [2.45, 2.75) is 39.7 Å². The Kier molecular flexibility index (Phi) is 7.91. The normalized spacial score (nSPS) is 21.9. The van der Waals surface area contributed by atoms with Crippen molar-refractivity contribution in [3.8, 4) is 0 Å². The molecule has 5 nitrogen and oxygen atoms in total. The summed E-state index contributed by atoms with van der Waals surface area (Å²) in [5.74, 6) is 0.639. The molecule has 0 aliphatic carbocycles. The molecular weight excluding hydrogens is 370 g/mol. The molecule has 148 valence electrons. The van der Waals surface area contributed by atoms with Gasteiger partial charge in [0.05, 0.1) is 0 Å². The molecule has 2 saturated heterocycles. The fourth-order valence-corrected chi connectivity index (χ4v) is 5.41. The predicted octanol–water partition coefficient (Wildman–Crippen LogP) is 2.90. The first kappa shape index (κ1) is 21.6. The van der Waals surface area contributed by atoms with Crippen LogP contribution in [0.2, 0.25) is 0 Å². The fraction of sp³-hybridized carbons (Fsp3) is 0.684. The van der Waals surface area contributed by atoms with Gasteiger partial charge in [-0.05, 0) is 49.8 Å². The molecule has 7 heteroatoms. The highest BCUT2D eigenvalue weighted by molar-refractivity contribution is 7.86. The van der Waals surface area contributed by atoms with Crippen molar-refractivity contribution in [3.63, 3.8) is 0 Å². The number of nitrogens with zero attached hydrogens (tertiary/aromatic N) is 3. The average Bonchev–Trinajstić information content (AvgIpc) is 2.83. The minimum absolute atomic E-state index is 0. The fourth-order valence-electron chi connectivity index (χ4n) is 3.74. The summed E-state index contributed by atoms with van der Waals surface area (Å²) in [4.78, 5) is 2.39. The van der Waals surface area contributed by atoms with Gasteiger partial charge in [-0.25, -0.2) is 0 Å². The third kappa shape index (κ3) is 5.20. The van der Waals surface area contributed by atoms with Gasteiger partial charge in [-0.2, -0.15) is 17.0 Å². The lowest BCUT2D eigenvalue weighted by Crippen LogP contribution is -2.48. The van der Waals surface area contributed by atoms with E-state index in [-0.39, 0.29) is 12.4 Å². The standard InChI is InChI=1S/C19H31N3O2S.ClH/c1-17-8-12-22(13-9-17)25(23,24)21-11-5-10-20(14-15-21)16-19-7-4-3-6-18(19)2;/h3-4,6-7,17H,5,8-16H2,1-2H3;1H. The van der Waals surface area contributed by atoms with Gasteiger partial charge in [-0.15, -0.1) is 12.4 Å². The number of halogens is 1. The molecular formula is C19H32ClN3O2S. The molecule has 2 aliphatic rings. The summed E-state index contributed by atoms with van der Waals surface area (Å²) in [7, 11) is -3.30. The quantitative estimate of drug-likeness (QED) is 0.779. The van der Waals surface area contributed by atoms with Gasteiger partial charge in [0.2, 0.25) is 0 Å². The first-order valence-electron chi connectivity index (χ1n) is 9.49. The lowest BCUT2D eigenvalue weighted by atomic mass is 10.0. The van der Waals surface area contributed by atoms with E-state index >= 15 is 0 Å². The maximum atomic E-state index is 13.0. The van der Waals surface area contributed by atoms with Crippen LogP contribution in [0.25, 0.3) is 0 Å². The Bertz CT molecular complexity index is 675. The van der Waals surface area contributed by atoms with Gasteiger partial charge in [0.1, 0.15) is 0 Å². The maximum absolute atomic E-state index is 13.0. The summed E-state index contributed by atoms with van der Waals surface area (Å²) < 4.78 is 29.3. The molecule has 1 aromatic carbocycles. The molecule has 2 heterocycles. The highest BCUT2D eigenvalue weighted by Gasteiger charge is 2.33. The predicted molar refractivity (Wildman–Crippen MR) is 109 cm³/mol. The zero-order valence-corrected chi connectivity index (χ0v) is 17.6. The van der Waals surface area contributed by atoms with Gasteiger partial charge in [-0.1, -0.05) is 31.2 Å². The van der Waals surface area contributed by atoms with Crippen molar-refractivity contribution in [2.24, 2.45) is 5.92 Å². The first-order valence-corrected chi connectivity index (χ1v) is 10.9. The van der Waals surface area contributed by atoms with Crippen LogP contribution in [-0.4, -0.2) is 61.2 Å². The maximum Gasteiger partial charge on any atom is 0.282 e. The zero-order valence-electron chi connectivity index (χ0n) is 15.9. The van der Waals surface area contributed by atoms with Crippen molar-refractivity contribution in [1.82, 2.24) is 13.5 Å². The van der Waals surface area contributed by atoms with Gasteiger partial charge >= 0.3 is 0 Å². The molecule has 26 heavy (non-hydrogen) atoms. The molecule has 0 radical (unpaired) electrons. The highest BCUT2D eigenvalue weighted by atomic mass is 35.5. The molecule has 0 N–H and O–H groups in total. The average molecular weight is 402 g/mol. The third-order valence-electron chi connectivity index (χ3n) is 5.60. The van der Waals surface area contributed by atoms with Crippen LogP contribution in [-0.2, 0) is 16.8 Å². The highest BCUT2D eigenvalue weighted by Crippen LogP contribution is 2.22. The van der Waals surface area contributed by atoms with E-state index in [4.69, 9.17) is 0 Å². The van der Waals surface area contributed by atoms with E-state index in [0.717, 1.165) is 38.9 Å². The van der Waals surface area contributed by atoms with E-state index in [1.807, 2.05) is 0 Å². The summed E-state index contributed by atoms with van der Waals surface area (Å²) >= 11 is 0. The van der Waals surface area contributed by atoms with E-state index in [2.05, 4.69) is 43.0 Å². The topological polar surface area (TPSA) is 43.9 Å². The van der Waals surface area contributed by atoms with E-state index in [1.54, 1.807) is 8.61 Å². The SMILES string of the molecule is Cc1ccccc1CN1CCCN(S(=O)(=O)N2CCC(C)CC2)CC1.Cl. The van der Waals surface area contributed by atoms with E-state index < -0.39 is 10.2 Å². The van der Waals surface area contributed by atoms with Crippen LogP contribution in [0.1, 0.15) is 37.3 Å². The molecule has 0 spiro atoms. The van der Waals surface area contributed by atoms with Crippen molar-refractivity contribution in [1.29, 1.82) is 0 Å². The zero-order chi connectivity index (χ0) is 17.9. The van der Waals surface area contributed by atoms with Crippen LogP contribution in [0, 0.1) is 12.8 Å². The van der Waals surface area contributed by atoms with Crippen LogP contribution in [0.4, 0.5) is 0 Å². The smallest absolute Gasteiger partial charge is 0.282 e. The number of aryl methyl sites for hydroxylation is 1. The molecule has 1 aromatic rings. The Balaban J connectivity index is 0.00000243. The van der Waals surface area contributed by atoms with Crippen molar-refractivity contribution in [3.05, 3.63) is 35.4 Å². The molecule has 0 atom stereocenters. The van der Waals surface area contributed by atoms with Gasteiger partial charge < -0.3 is 0 Å². The van der Waals surface area contributed by atoms with Crippen LogP contribution in [0.15, 0.2) is 24.3 Å². The van der Waals surface area contributed by atoms with Crippen molar-refractivity contribution in [2.75, 3.05) is 39.3 Å². The number of benzene rings is 1. The summed E-state index contributed by atoms with van der Waals surface area (Å²) in [5, 5.41) is 0. The minimum Gasteiger partial charge on any atom is -0.298 e. The second-order valence-corrected chi connectivity index (χ2v) is 9.47. The Morgan fingerprint density at radius 1 is 0.962 bits per heavy atom. The Morgan fingerprint density at radius 3 is 2.31 bits per heavy atom. The van der Waals surface area contributed by atoms with Crippen LogP contribution < -0.4 is 0 Å². The van der Waals surface area contributed by atoms with Gasteiger partial charge in [0.15, 0.2) is 0 Å². The number of piperidine rings is 1. The van der Waals surface area contributed by atoms with E-state index in [1.165, 1.54) is 11.1 Å². The van der Waals surface area contributed by atoms with E-state index in [9.17, 15) is 8.42 Å². The summed E-state index contributed by atoms with van der Waals surface area (Å²) in [6.07, 6.45) is 2.86. The molecule has 0 unspecified atom stereocenters. The minimum atomic E-state index is -3.30. The van der Waals surface area contributed by atoms with Crippen LogP contribution in [0.5, 0.6) is 0 Å². The molecule has 2 aliphatic heterocycles. The Morgan fingerprint density at radius 2 is 1.62 bits per heavy atom.